The molecule has 88 valence electrons. The van der Waals surface area contributed by atoms with Crippen molar-refractivity contribution in [2.75, 3.05) is 12.9 Å². The molecule has 2 unspecified atom stereocenters. The number of rotatable bonds is 1. The predicted molar refractivity (Wildman–Crippen MR) is 70.3 cm³/mol. The number of thioether (sulfide) groups is 1. The second kappa shape index (κ2) is 4.86. The summed E-state index contributed by atoms with van der Waals surface area (Å²) in [5.41, 5.74) is 8.49. The largest absolute Gasteiger partial charge is 0.496 e. The van der Waals surface area contributed by atoms with Crippen molar-refractivity contribution in [3.05, 3.63) is 28.3 Å². The van der Waals surface area contributed by atoms with Crippen molar-refractivity contribution >= 4 is 23.4 Å². The number of ether oxygens (including phenoxy) is 1. The molecule has 0 amide bonds. The Morgan fingerprint density at radius 3 is 2.94 bits per heavy atom. The number of hydrogen-bond donors (Lipinski definition) is 1. The number of methoxy groups -OCH3 is 1. The van der Waals surface area contributed by atoms with Crippen molar-refractivity contribution in [1.29, 1.82) is 0 Å². The van der Waals surface area contributed by atoms with E-state index in [1.807, 2.05) is 23.9 Å². The van der Waals surface area contributed by atoms with Crippen LogP contribution in [0.4, 0.5) is 0 Å². The molecule has 0 radical (unpaired) electrons. The molecule has 0 saturated heterocycles. The molecule has 1 aliphatic heterocycles. The number of fused-ring (bicyclic) bond motifs is 1. The first kappa shape index (κ1) is 12.1. The number of halogens is 1. The number of nitrogens with two attached hydrogens (primary N) is 1. The van der Waals surface area contributed by atoms with E-state index < -0.39 is 0 Å². The van der Waals surface area contributed by atoms with Gasteiger partial charge in [-0.15, -0.1) is 0 Å². The maximum absolute atomic E-state index is 6.26. The van der Waals surface area contributed by atoms with E-state index in [0.717, 1.165) is 33.4 Å². The Morgan fingerprint density at radius 2 is 2.25 bits per heavy atom. The average Bonchev–Trinajstić information content (AvgIpc) is 2.41. The van der Waals surface area contributed by atoms with Crippen LogP contribution in [0.15, 0.2) is 12.1 Å². The molecule has 0 spiro atoms. The van der Waals surface area contributed by atoms with Crippen molar-refractivity contribution in [2.45, 2.75) is 18.7 Å². The molecule has 1 aromatic rings. The molecule has 0 aromatic heterocycles. The van der Waals surface area contributed by atoms with Crippen LogP contribution < -0.4 is 10.5 Å². The van der Waals surface area contributed by atoms with Gasteiger partial charge >= 0.3 is 0 Å². The number of hydrogen-bond acceptors (Lipinski definition) is 3. The maximum atomic E-state index is 6.26. The fourth-order valence-corrected chi connectivity index (χ4v) is 3.55. The van der Waals surface area contributed by atoms with E-state index in [1.54, 1.807) is 7.11 Å². The third kappa shape index (κ3) is 2.04. The minimum Gasteiger partial charge on any atom is -0.496 e. The van der Waals surface area contributed by atoms with E-state index in [1.165, 1.54) is 0 Å². The van der Waals surface area contributed by atoms with E-state index in [4.69, 9.17) is 22.1 Å². The second-order valence-corrected chi connectivity index (χ2v) is 5.60. The summed E-state index contributed by atoms with van der Waals surface area (Å²) in [6, 6.07) is 3.80. The summed E-state index contributed by atoms with van der Waals surface area (Å²) < 4.78 is 5.38. The fraction of sp³-hybridized carbons (Fsp3) is 0.500. The van der Waals surface area contributed by atoms with Crippen LogP contribution in [-0.4, -0.2) is 12.9 Å². The summed E-state index contributed by atoms with van der Waals surface area (Å²) in [4.78, 5) is 0. The van der Waals surface area contributed by atoms with Gasteiger partial charge < -0.3 is 10.5 Å². The molecular formula is C12H16ClNOS. The lowest BCUT2D eigenvalue weighted by Gasteiger charge is -2.20. The topological polar surface area (TPSA) is 35.2 Å². The normalized spacial score (nSPS) is 24.8. The van der Waals surface area contributed by atoms with E-state index >= 15 is 0 Å². The maximum Gasteiger partial charge on any atom is 0.123 e. The first-order chi connectivity index (χ1) is 7.65. The van der Waals surface area contributed by atoms with Crippen LogP contribution in [0.2, 0.25) is 5.02 Å². The molecule has 0 aliphatic carbocycles. The molecule has 1 heterocycles. The minimum absolute atomic E-state index is 0.00704. The lowest BCUT2D eigenvalue weighted by atomic mass is 9.93. The van der Waals surface area contributed by atoms with Gasteiger partial charge in [-0.1, -0.05) is 18.5 Å². The van der Waals surface area contributed by atoms with Crippen LogP contribution >= 0.6 is 23.4 Å². The van der Waals surface area contributed by atoms with Crippen molar-refractivity contribution < 1.29 is 4.74 Å². The van der Waals surface area contributed by atoms with Gasteiger partial charge in [-0.2, -0.15) is 11.8 Å². The second-order valence-electron chi connectivity index (χ2n) is 4.16. The standard InChI is InChI=1S/C12H16ClNOS/c1-7-5-16-6-8-10(15-2)4-3-9(13)11(8)12(7)14/h3-4,7,12H,5-6,14H2,1-2H3. The van der Waals surface area contributed by atoms with Crippen molar-refractivity contribution in [3.63, 3.8) is 0 Å². The van der Waals surface area contributed by atoms with Gasteiger partial charge in [0, 0.05) is 22.4 Å². The highest BCUT2D eigenvalue weighted by Gasteiger charge is 2.26. The lowest BCUT2D eigenvalue weighted by Crippen LogP contribution is -2.20. The van der Waals surface area contributed by atoms with Gasteiger partial charge in [-0.25, -0.2) is 0 Å². The summed E-state index contributed by atoms with van der Waals surface area (Å²) >= 11 is 8.15. The van der Waals surface area contributed by atoms with Crippen LogP contribution in [0.1, 0.15) is 24.1 Å². The quantitative estimate of drug-likeness (QED) is 0.839. The van der Waals surface area contributed by atoms with E-state index in [-0.39, 0.29) is 6.04 Å². The molecule has 0 saturated carbocycles. The van der Waals surface area contributed by atoms with Crippen LogP contribution in [0.3, 0.4) is 0 Å². The SMILES string of the molecule is COc1ccc(Cl)c2c1CSCC(C)C2N. The predicted octanol–water partition coefficient (Wildman–Crippen LogP) is 3.23. The molecule has 1 aromatic carbocycles. The van der Waals surface area contributed by atoms with Gasteiger partial charge in [0.25, 0.3) is 0 Å². The highest BCUT2D eigenvalue weighted by Crippen LogP contribution is 2.40. The first-order valence-corrected chi connectivity index (χ1v) is 6.87. The van der Waals surface area contributed by atoms with E-state index in [0.29, 0.717) is 5.92 Å². The number of benzene rings is 1. The average molecular weight is 258 g/mol. The van der Waals surface area contributed by atoms with Gasteiger partial charge in [0.15, 0.2) is 0 Å². The molecule has 1 aliphatic rings. The summed E-state index contributed by atoms with van der Waals surface area (Å²) in [5.74, 6) is 3.33. The van der Waals surface area contributed by atoms with Crippen LogP contribution in [-0.2, 0) is 5.75 Å². The summed E-state index contributed by atoms with van der Waals surface area (Å²) in [5, 5.41) is 0.762. The monoisotopic (exact) mass is 257 g/mol. The summed E-state index contributed by atoms with van der Waals surface area (Å²) in [7, 11) is 1.69. The molecule has 4 heteroatoms. The molecular weight excluding hydrogens is 242 g/mol. The molecule has 16 heavy (non-hydrogen) atoms. The van der Waals surface area contributed by atoms with Crippen molar-refractivity contribution in [2.24, 2.45) is 11.7 Å². The van der Waals surface area contributed by atoms with Gasteiger partial charge in [0.1, 0.15) is 5.75 Å². The highest BCUT2D eigenvalue weighted by atomic mass is 35.5. The minimum atomic E-state index is 0.00704. The molecule has 2 atom stereocenters. The Hall–Kier alpha value is -0.380. The van der Waals surface area contributed by atoms with E-state index in [9.17, 15) is 0 Å². The van der Waals surface area contributed by atoms with Gasteiger partial charge in [-0.3, -0.25) is 0 Å². The highest BCUT2D eigenvalue weighted by molar-refractivity contribution is 7.98. The zero-order valence-corrected chi connectivity index (χ0v) is 11.1. The molecule has 0 fully saturated rings. The summed E-state index contributed by atoms with van der Waals surface area (Å²) in [6.45, 7) is 2.17. The van der Waals surface area contributed by atoms with Crippen molar-refractivity contribution in [1.82, 2.24) is 0 Å². The Balaban J connectivity index is 2.57. The fourth-order valence-electron chi connectivity index (χ4n) is 2.05. The summed E-state index contributed by atoms with van der Waals surface area (Å²) in [6.07, 6.45) is 0. The smallest absolute Gasteiger partial charge is 0.123 e. The Morgan fingerprint density at radius 1 is 1.50 bits per heavy atom. The Kier molecular flexibility index (Phi) is 3.67. The molecule has 2 nitrogen and oxygen atoms in total. The van der Waals surface area contributed by atoms with Gasteiger partial charge in [-0.05, 0) is 29.4 Å². The van der Waals surface area contributed by atoms with Gasteiger partial charge in [0.2, 0.25) is 0 Å². The van der Waals surface area contributed by atoms with Crippen LogP contribution in [0.5, 0.6) is 5.75 Å². The van der Waals surface area contributed by atoms with Crippen molar-refractivity contribution in [3.8, 4) is 5.75 Å². The first-order valence-electron chi connectivity index (χ1n) is 5.33. The van der Waals surface area contributed by atoms with Crippen LogP contribution in [0, 0.1) is 5.92 Å². The Bertz CT molecular complexity index is 397. The molecule has 2 N–H and O–H groups in total. The third-order valence-corrected chi connectivity index (χ3v) is 4.64. The van der Waals surface area contributed by atoms with E-state index in [2.05, 4.69) is 6.92 Å². The third-order valence-electron chi connectivity index (χ3n) is 3.05. The zero-order valence-electron chi connectivity index (χ0n) is 9.50. The molecule has 0 bridgehead atoms. The van der Waals surface area contributed by atoms with Gasteiger partial charge in [0.05, 0.1) is 7.11 Å². The van der Waals surface area contributed by atoms with Crippen LogP contribution in [0.25, 0.3) is 0 Å². The molecule has 2 rings (SSSR count). The zero-order chi connectivity index (χ0) is 11.7. The Labute approximate surface area is 105 Å². The lowest BCUT2D eigenvalue weighted by molar-refractivity contribution is 0.409.